The van der Waals surface area contributed by atoms with E-state index in [4.69, 9.17) is 5.73 Å². The molecule has 0 unspecified atom stereocenters. The summed E-state index contributed by atoms with van der Waals surface area (Å²) in [6, 6.07) is 3.89. The van der Waals surface area contributed by atoms with Gasteiger partial charge < -0.3 is 5.73 Å². The van der Waals surface area contributed by atoms with Crippen molar-refractivity contribution in [3.8, 4) is 11.3 Å². The fourth-order valence-corrected chi connectivity index (χ4v) is 1.82. The number of hydrogen-bond acceptors (Lipinski definition) is 4. The quantitative estimate of drug-likeness (QED) is 0.785. The minimum Gasteiger partial charge on any atom is -0.326 e. The van der Waals surface area contributed by atoms with Crippen molar-refractivity contribution in [2.45, 2.75) is 6.54 Å². The Morgan fingerprint density at radius 3 is 3.08 bits per heavy atom. The zero-order valence-corrected chi connectivity index (χ0v) is 7.79. The van der Waals surface area contributed by atoms with E-state index >= 15 is 0 Å². The molecule has 13 heavy (non-hydrogen) atoms. The highest BCUT2D eigenvalue weighted by atomic mass is 32.1. The van der Waals surface area contributed by atoms with Crippen molar-refractivity contribution in [1.82, 2.24) is 9.97 Å². The largest absolute Gasteiger partial charge is 0.326 e. The van der Waals surface area contributed by atoms with Crippen molar-refractivity contribution in [3.05, 3.63) is 34.9 Å². The maximum Gasteiger partial charge on any atom is 0.0871 e. The Hall–Kier alpha value is -1.26. The lowest BCUT2D eigenvalue weighted by Crippen LogP contribution is -1.95. The Bertz CT molecular complexity index is 383. The van der Waals surface area contributed by atoms with Crippen LogP contribution >= 0.6 is 11.3 Å². The van der Waals surface area contributed by atoms with Crippen LogP contribution in [0.15, 0.2) is 30.0 Å². The lowest BCUT2D eigenvalue weighted by molar-refractivity contribution is 1.10. The second kappa shape index (κ2) is 3.64. The van der Waals surface area contributed by atoms with Crippen LogP contribution in [0.3, 0.4) is 0 Å². The van der Waals surface area contributed by atoms with E-state index in [-0.39, 0.29) is 0 Å². The minimum atomic E-state index is 0.537. The maximum atomic E-state index is 5.58. The Morgan fingerprint density at radius 2 is 2.38 bits per heavy atom. The Morgan fingerprint density at radius 1 is 1.46 bits per heavy atom. The van der Waals surface area contributed by atoms with Gasteiger partial charge >= 0.3 is 0 Å². The van der Waals surface area contributed by atoms with Gasteiger partial charge in [-0.05, 0) is 12.1 Å². The summed E-state index contributed by atoms with van der Waals surface area (Å²) in [5, 5.41) is 0. The molecule has 0 bridgehead atoms. The molecule has 0 saturated heterocycles. The van der Waals surface area contributed by atoms with Crippen LogP contribution in [0.25, 0.3) is 11.3 Å². The van der Waals surface area contributed by atoms with Crippen molar-refractivity contribution in [2.24, 2.45) is 5.73 Å². The number of rotatable bonds is 2. The average molecular weight is 191 g/mol. The van der Waals surface area contributed by atoms with Gasteiger partial charge in [0.1, 0.15) is 0 Å². The van der Waals surface area contributed by atoms with Gasteiger partial charge in [-0.1, -0.05) is 0 Å². The molecule has 0 amide bonds. The van der Waals surface area contributed by atoms with E-state index in [0.29, 0.717) is 6.54 Å². The van der Waals surface area contributed by atoms with E-state index in [1.807, 2.05) is 17.6 Å². The fourth-order valence-electron chi connectivity index (χ4n) is 1.15. The summed E-state index contributed by atoms with van der Waals surface area (Å²) < 4.78 is 0. The number of pyridine rings is 1. The van der Waals surface area contributed by atoms with Gasteiger partial charge in [0.05, 0.1) is 11.2 Å². The molecule has 0 spiro atoms. The molecule has 0 aromatic carbocycles. The summed E-state index contributed by atoms with van der Waals surface area (Å²) in [6.45, 7) is 0.537. The van der Waals surface area contributed by atoms with Crippen LogP contribution in [-0.2, 0) is 6.54 Å². The number of thiazole rings is 1. The Balaban J connectivity index is 2.47. The SMILES string of the molecule is NCc1scnc1-c1cccnc1. The van der Waals surface area contributed by atoms with Crippen molar-refractivity contribution in [2.75, 3.05) is 0 Å². The molecule has 0 saturated carbocycles. The van der Waals surface area contributed by atoms with E-state index in [9.17, 15) is 0 Å². The van der Waals surface area contributed by atoms with Crippen LogP contribution in [-0.4, -0.2) is 9.97 Å². The van der Waals surface area contributed by atoms with Gasteiger partial charge in [-0.15, -0.1) is 11.3 Å². The van der Waals surface area contributed by atoms with Crippen LogP contribution < -0.4 is 5.73 Å². The monoisotopic (exact) mass is 191 g/mol. The lowest BCUT2D eigenvalue weighted by atomic mass is 10.2. The molecule has 2 aromatic rings. The first kappa shape index (κ1) is 8.34. The Labute approximate surface area is 80.3 Å². The molecule has 0 atom stereocenters. The summed E-state index contributed by atoms with van der Waals surface area (Å²) in [5.74, 6) is 0. The standard InChI is InChI=1S/C9H9N3S/c10-4-8-9(12-6-13-8)7-2-1-3-11-5-7/h1-3,5-6H,4,10H2. The molecule has 2 aromatic heterocycles. The molecule has 0 aliphatic rings. The summed E-state index contributed by atoms with van der Waals surface area (Å²) in [4.78, 5) is 9.40. The topological polar surface area (TPSA) is 51.8 Å². The molecule has 4 heteroatoms. The lowest BCUT2D eigenvalue weighted by Gasteiger charge is -1.97. The van der Waals surface area contributed by atoms with Crippen molar-refractivity contribution >= 4 is 11.3 Å². The van der Waals surface area contributed by atoms with Gasteiger partial charge in [0, 0.05) is 29.4 Å². The molecule has 0 fully saturated rings. The third kappa shape index (κ3) is 1.59. The van der Waals surface area contributed by atoms with Gasteiger partial charge in [0.25, 0.3) is 0 Å². The summed E-state index contributed by atoms with van der Waals surface area (Å²) in [6.07, 6.45) is 3.55. The van der Waals surface area contributed by atoms with E-state index in [1.165, 1.54) is 0 Å². The molecule has 2 heterocycles. The van der Waals surface area contributed by atoms with Crippen molar-refractivity contribution in [1.29, 1.82) is 0 Å². The van der Waals surface area contributed by atoms with Crippen LogP contribution in [0.1, 0.15) is 4.88 Å². The summed E-state index contributed by atoms with van der Waals surface area (Å²) >= 11 is 1.58. The van der Waals surface area contributed by atoms with Crippen LogP contribution in [0.5, 0.6) is 0 Å². The molecule has 2 N–H and O–H groups in total. The predicted octanol–water partition coefficient (Wildman–Crippen LogP) is 1.66. The number of hydrogen-bond donors (Lipinski definition) is 1. The third-order valence-electron chi connectivity index (χ3n) is 1.76. The van der Waals surface area contributed by atoms with Gasteiger partial charge in [-0.25, -0.2) is 4.98 Å². The number of nitrogens with two attached hydrogens (primary N) is 1. The molecule has 0 radical (unpaired) electrons. The third-order valence-corrected chi connectivity index (χ3v) is 2.62. The predicted molar refractivity (Wildman–Crippen MR) is 53.2 cm³/mol. The highest BCUT2D eigenvalue weighted by Gasteiger charge is 2.05. The van der Waals surface area contributed by atoms with Gasteiger partial charge in [-0.3, -0.25) is 4.98 Å². The summed E-state index contributed by atoms with van der Waals surface area (Å²) in [5.41, 5.74) is 9.38. The number of aromatic nitrogens is 2. The molecule has 2 rings (SSSR count). The number of nitrogens with zero attached hydrogens (tertiary/aromatic N) is 2. The van der Waals surface area contributed by atoms with Crippen LogP contribution in [0, 0.1) is 0 Å². The van der Waals surface area contributed by atoms with Crippen LogP contribution in [0.4, 0.5) is 0 Å². The second-order valence-electron chi connectivity index (χ2n) is 2.57. The van der Waals surface area contributed by atoms with Gasteiger partial charge in [0.15, 0.2) is 0 Å². The average Bonchev–Trinajstić information content (AvgIpc) is 2.67. The van der Waals surface area contributed by atoms with Crippen molar-refractivity contribution in [3.63, 3.8) is 0 Å². The zero-order chi connectivity index (χ0) is 9.10. The highest BCUT2D eigenvalue weighted by Crippen LogP contribution is 2.23. The van der Waals surface area contributed by atoms with E-state index in [0.717, 1.165) is 16.1 Å². The normalized spacial score (nSPS) is 10.2. The Kier molecular flexibility index (Phi) is 2.33. The second-order valence-corrected chi connectivity index (χ2v) is 3.51. The molecule has 3 nitrogen and oxygen atoms in total. The molecule has 0 aliphatic heterocycles. The van der Waals surface area contributed by atoms with E-state index in [1.54, 1.807) is 23.7 Å². The fraction of sp³-hybridized carbons (Fsp3) is 0.111. The van der Waals surface area contributed by atoms with Gasteiger partial charge in [-0.2, -0.15) is 0 Å². The van der Waals surface area contributed by atoms with E-state index < -0.39 is 0 Å². The first-order chi connectivity index (χ1) is 6.42. The first-order valence-corrected chi connectivity index (χ1v) is 4.82. The summed E-state index contributed by atoms with van der Waals surface area (Å²) in [7, 11) is 0. The minimum absolute atomic E-state index is 0.537. The molecule has 66 valence electrons. The van der Waals surface area contributed by atoms with Crippen LogP contribution in [0.2, 0.25) is 0 Å². The molecular weight excluding hydrogens is 182 g/mol. The van der Waals surface area contributed by atoms with Gasteiger partial charge in [0.2, 0.25) is 0 Å². The maximum absolute atomic E-state index is 5.58. The molecular formula is C9H9N3S. The first-order valence-electron chi connectivity index (χ1n) is 3.94. The zero-order valence-electron chi connectivity index (χ0n) is 6.97. The van der Waals surface area contributed by atoms with E-state index in [2.05, 4.69) is 9.97 Å². The van der Waals surface area contributed by atoms with Crippen molar-refractivity contribution < 1.29 is 0 Å². The smallest absolute Gasteiger partial charge is 0.0871 e. The molecule has 0 aliphatic carbocycles. The highest BCUT2D eigenvalue weighted by molar-refractivity contribution is 7.10.